The Morgan fingerprint density at radius 3 is 1.29 bits per heavy atom. The predicted molar refractivity (Wildman–Crippen MR) is 107 cm³/mol. The van der Waals surface area contributed by atoms with Crippen LogP contribution in [-0.2, 0) is 22.7 Å². The van der Waals surface area contributed by atoms with Crippen LogP contribution in [0.15, 0.2) is 84.9 Å². The first kappa shape index (κ1) is 19.0. The number of hydrogen-bond acceptors (Lipinski definition) is 4. The van der Waals surface area contributed by atoms with Gasteiger partial charge in [0.15, 0.2) is 0 Å². The first-order valence-electron chi connectivity index (χ1n) is 8.74. The highest BCUT2D eigenvalue weighted by molar-refractivity contribution is 5.87. The van der Waals surface area contributed by atoms with E-state index in [1.807, 2.05) is 60.7 Å². The third-order valence-corrected chi connectivity index (χ3v) is 3.80. The molecule has 0 spiro atoms. The highest BCUT2D eigenvalue weighted by Crippen LogP contribution is 2.15. The average molecular weight is 376 g/mol. The van der Waals surface area contributed by atoms with Crippen molar-refractivity contribution in [3.8, 4) is 0 Å². The van der Waals surface area contributed by atoms with Crippen LogP contribution in [0.5, 0.6) is 0 Å². The number of carbonyl (C=O) groups is 2. The van der Waals surface area contributed by atoms with Crippen LogP contribution in [0, 0.1) is 0 Å². The fourth-order valence-corrected chi connectivity index (χ4v) is 2.39. The summed E-state index contributed by atoms with van der Waals surface area (Å²) in [6.45, 7) is 0.388. The van der Waals surface area contributed by atoms with Gasteiger partial charge in [0.2, 0.25) is 0 Å². The Morgan fingerprint density at radius 1 is 0.571 bits per heavy atom. The molecule has 0 fully saturated rings. The van der Waals surface area contributed by atoms with E-state index in [-0.39, 0.29) is 13.2 Å². The quantitative estimate of drug-likeness (QED) is 0.621. The molecule has 0 bridgehead atoms. The van der Waals surface area contributed by atoms with Crippen molar-refractivity contribution in [3.63, 3.8) is 0 Å². The minimum Gasteiger partial charge on any atom is -0.444 e. The van der Waals surface area contributed by atoms with E-state index < -0.39 is 12.2 Å². The van der Waals surface area contributed by atoms with Gasteiger partial charge in [0.25, 0.3) is 0 Å². The van der Waals surface area contributed by atoms with Gasteiger partial charge in [-0.25, -0.2) is 9.59 Å². The van der Waals surface area contributed by atoms with Crippen molar-refractivity contribution in [1.29, 1.82) is 0 Å². The molecule has 0 aliphatic rings. The number of anilines is 2. The molecule has 0 radical (unpaired) electrons. The molecule has 3 aromatic carbocycles. The number of rotatable bonds is 6. The Hall–Kier alpha value is -3.80. The standard InChI is InChI=1S/C22H20N2O4/c25-21(27-15-17-7-3-1-4-8-17)23-19-11-13-20(14-12-19)24-22(26)28-16-18-9-5-2-6-10-18/h1-14H,15-16H2,(H,23,25)(H,24,26). The normalized spacial score (nSPS) is 10.0. The molecule has 2 N–H and O–H groups in total. The minimum absolute atomic E-state index is 0.194. The molecule has 6 heteroatoms. The van der Waals surface area contributed by atoms with Gasteiger partial charge in [-0.3, -0.25) is 10.6 Å². The monoisotopic (exact) mass is 376 g/mol. The fourth-order valence-electron chi connectivity index (χ4n) is 2.39. The molecule has 3 aromatic rings. The van der Waals surface area contributed by atoms with Crippen molar-refractivity contribution in [2.24, 2.45) is 0 Å². The van der Waals surface area contributed by atoms with Gasteiger partial charge in [-0.1, -0.05) is 60.7 Å². The zero-order valence-corrected chi connectivity index (χ0v) is 15.1. The van der Waals surface area contributed by atoms with E-state index in [1.165, 1.54) is 0 Å². The molecule has 142 valence electrons. The molecule has 0 unspecified atom stereocenters. The third kappa shape index (κ3) is 6.17. The van der Waals surface area contributed by atoms with Gasteiger partial charge in [0.05, 0.1) is 0 Å². The number of hydrogen-bond donors (Lipinski definition) is 2. The molecule has 3 rings (SSSR count). The lowest BCUT2D eigenvalue weighted by Gasteiger charge is -2.09. The molecule has 0 aliphatic heterocycles. The summed E-state index contributed by atoms with van der Waals surface area (Å²) in [5.41, 5.74) is 2.93. The first-order valence-corrected chi connectivity index (χ1v) is 8.74. The van der Waals surface area contributed by atoms with Crippen molar-refractivity contribution in [3.05, 3.63) is 96.1 Å². The van der Waals surface area contributed by atoms with E-state index >= 15 is 0 Å². The van der Waals surface area contributed by atoms with E-state index in [0.29, 0.717) is 11.4 Å². The van der Waals surface area contributed by atoms with Gasteiger partial charge in [-0.2, -0.15) is 0 Å². The van der Waals surface area contributed by atoms with E-state index in [1.54, 1.807) is 24.3 Å². The highest BCUT2D eigenvalue weighted by Gasteiger charge is 2.06. The summed E-state index contributed by atoms with van der Waals surface area (Å²) < 4.78 is 10.3. The van der Waals surface area contributed by atoms with Crippen LogP contribution in [0.3, 0.4) is 0 Å². The van der Waals surface area contributed by atoms with Gasteiger partial charge in [0, 0.05) is 11.4 Å². The molecule has 2 amide bonds. The second-order valence-electron chi connectivity index (χ2n) is 5.95. The lowest BCUT2D eigenvalue weighted by atomic mass is 10.2. The molecular weight excluding hydrogens is 356 g/mol. The van der Waals surface area contributed by atoms with Gasteiger partial charge in [-0.05, 0) is 35.4 Å². The van der Waals surface area contributed by atoms with Crippen molar-refractivity contribution in [1.82, 2.24) is 0 Å². The summed E-state index contributed by atoms with van der Waals surface area (Å²) in [4.78, 5) is 23.7. The lowest BCUT2D eigenvalue weighted by Crippen LogP contribution is -2.14. The maximum absolute atomic E-state index is 11.8. The summed E-state index contributed by atoms with van der Waals surface area (Å²) in [6, 6.07) is 25.5. The van der Waals surface area contributed by atoms with Crippen LogP contribution in [-0.4, -0.2) is 12.2 Å². The van der Waals surface area contributed by atoms with Crippen molar-refractivity contribution in [2.45, 2.75) is 13.2 Å². The van der Waals surface area contributed by atoms with Gasteiger partial charge in [-0.15, -0.1) is 0 Å². The molecular formula is C22H20N2O4. The summed E-state index contributed by atoms with van der Waals surface area (Å²) in [5.74, 6) is 0. The topological polar surface area (TPSA) is 76.7 Å². The van der Waals surface area contributed by atoms with E-state index in [0.717, 1.165) is 11.1 Å². The zero-order valence-electron chi connectivity index (χ0n) is 15.1. The van der Waals surface area contributed by atoms with Crippen LogP contribution in [0.4, 0.5) is 21.0 Å². The largest absolute Gasteiger partial charge is 0.444 e. The van der Waals surface area contributed by atoms with E-state index in [2.05, 4.69) is 10.6 Å². The maximum Gasteiger partial charge on any atom is 0.411 e. The molecule has 28 heavy (non-hydrogen) atoms. The minimum atomic E-state index is -0.549. The Labute approximate surface area is 163 Å². The molecule has 0 heterocycles. The second kappa shape index (κ2) is 9.78. The molecule has 0 saturated carbocycles. The SMILES string of the molecule is O=C(Nc1ccc(NC(=O)OCc2ccccc2)cc1)OCc1ccccc1. The number of carbonyl (C=O) groups excluding carboxylic acids is 2. The average Bonchev–Trinajstić information content (AvgIpc) is 2.74. The van der Waals surface area contributed by atoms with Gasteiger partial charge >= 0.3 is 12.2 Å². The molecule has 0 aliphatic carbocycles. The Balaban J connectivity index is 1.42. The highest BCUT2D eigenvalue weighted by atomic mass is 16.6. The van der Waals surface area contributed by atoms with Crippen LogP contribution in [0.25, 0.3) is 0 Å². The summed E-state index contributed by atoms with van der Waals surface area (Å²) in [5, 5.41) is 5.27. The van der Waals surface area contributed by atoms with Crippen LogP contribution < -0.4 is 10.6 Å². The number of ether oxygens (including phenoxy) is 2. The molecule has 6 nitrogen and oxygen atoms in total. The van der Waals surface area contributed by atoms with E-state index in [4.69, 9.17) is 9.47 Å². The fraction of sp³-hybridized carbons (Fsp3) is 0.0909. The van der Waals surface area contributed by atoms with Gasteiger partial charge < -0.3 is 9.47 Å². The summed E-state index contributed by atoms with van der Waals surface area (Å²) in [6.07, 6.45) is -1.10. The maximum atomic E-state index is 11.8. The smallest absolute Gasteiger partial charge is 0.411 e. The molecule has 0 saturated heterocycles. The van der Waals surface area contributed by atoms with Crippen LogP contribution in [0.1, 0.15) is 11.1 Å². The van der Waals surface area contributed by atoms with Crippen LogP contribution >= 0.6 is 0 Å². The van der Waals surface area contributed by atoms with Crippen LogP contribution in [0.2, 0.25) is 0 Å². The van der Waals surface area contributed by atoms with Crippen molar-refractivity contribution in [2.75, 3.05) is 10.6 Å². The molecule has 0 atom stereocenters. The number of benzene rings is 3. The zero-order chi connectivity index (χ0) is 19.6. The Bertz CT molecular complexity index is 820. The Kier molecular flexibility index (Phi) is 6.62. The predicted octanol–water partition coefficient (Wildman–Crippen LogP) is 5.18. The summed E-state index contributed by atoms with van der Waals surface area (Å²) >= 11 is 0. The molecule has 0 aromatic heterocycles. The number of amides is 2. The third-order valence-electron chi connectivity index (χ3n) is 3.80. The Morgan fingerprint density at radius 2 is 0.929 bits per heavy atom. The second-order valence-corrected chi connectivity index (χ2v) is 5.95. The van der Waals surface area contributed by atoms with Crippen molar-refractivity contribution < 1.29 is 19.1 Å². The van der Waals surface area contributed by atoms with E-state index in [9.17, 15) is 9.59 Å². The lowest BCUT2D eigenvalue weighted by molar-refractivity contribution is 0.154. The first-order chi connectivity index (χ1) is 13.7. The van der Waals surface area contributed by atoms with Gasteiger partial charge in [0.1, 0.15) is 13.2 Å². The number of nitrogens with one attached hydrogen (secondary N) is 2. The summed E-state index contributed by atoms with van der Waals surface area (Å²) in [7, 11) is 0. The van der Waals surface area contributed by atoms with Crippen molar-refractivity contribution >= 4 is 23.6 Å².